The topological polar surface area (TPSA) is 26.0 Å². The van der Waals surface area contributed by atoms with Crippen molar-refractivity contribution < 1.29 is 4.52 Å². The van der Waals surface area contributed by atoms with E-state index in [9.17, 15) is 0 Å². The molecule has 0 aliphatic rings. The third kappa shape index (κ3) is 2.07. The first kappa shape index (κ1) is 9.93. The Labute approximate surface area is 98.6 Å². The zero-order valence-corrected chi connectivity index (χ0v) is 10.4. The van der Waals surface area contributed by atoms with Gasteiger partial charge in [-0.05, 0) is 12.1 Å². The highest BCUT2D eigenvalue weighted by Gasteiger charge is 2.04. The number of alkyl halides is 1. The normalized spacial score (nSPS) is 10.4. The Balaban J connectivity index is 2.34. The highest BCUT2D eigenvalue weighted by atomic mass is 79.9. The summed E-state index contributed by atoms with van der Waals surface area (Å²) in [6.07, 6.45) is 0. The van der Waals surface area contributed by atoms with Gasteiger partial charge in [0.15, 0.2) is 5.76 Å². The highest BCUT2D eigenvalue weighted by molar-refractivity contribution is 9.10. The zero-order chi connectivity index (χ0) is 9.97. The van der Waals surface area contributed by atoms with Crippen LogP contribution in [0.3, 0.4) is 0 Å². The number of nitrogens with zero attached hydrogens (tertiary/aromatic N) is 1. The van der Waals surface area contributed by atoms with Crippen molar-refractivity contribution in [2.45, 2.75) is 5.33 Å². The van der Waals surface area contributed by atoms with Gasteiger partial charge in [-0.2, -0.15) is 0 Å². The van der Waals surface area contributed by atoms with Crippen LogP contribution < -0.4 is 0 Å². The van der Waals surface area contributed by atoms with E-state index in [2.05, 4.69) is 37.0 Å². The molecule has 0 amide bonds. The summed E-state index contributed by atoms with van der Waals surface area (Å²) in [5.74, 6) is 0.798. The summed E-state index contributed by atoms with van der Waals surface area (Å²) < 4.78 is 6.24. The predicted octanol–water partition coefficient (Wildman–Crippen LogP) is 4.00. The molecule has 2 rings (SSSR count). The van der Waals surface area contributed by atoms with E-state index in [0.717, 1.165) is 21.5 Å². The molecule has 72 valence electrons. The second kappa shape index (κ2) is 4.28. The van der Waals surface area contributed by atoms with Crippen molar-refractivity contribution in [3.63, 3.8) is 0 Å². The Hall–Kier alpha value is -0.610. The maximum atomic E-state index is 5.19. The van der Waals surface area contributed by atoms with Crippen molar-refractivity contribution in [3.8, 4) is 11.3 Å². The van der Waals surface area contributed by atoms with Crippen molar-refractivity contribution >= 4 is 31.9 Å². The molecule has 4 heteroatoms. The van der Waals surface area contributed by atoms with Crippen LogP contribution in [0.5, 0.6) is 0 Å². The van der Waals surface area contributed by atoms with Crippen LogP contribution in [0.25, 0.3) is 11.3 Å². The molecule has 1 aromatic carbocycles. The molecule has 0 N–H and O–H groups in total. The summed E-state index contributed by atoms with van der Waals surface area (Å²) in [5.41, 5.74) is 1.94. The number of halogens is 2. The molecule has 0 fully saturated rings. The number of aromatic nitrogens is 1. The molecule has 0 radical (unpaired) electrons. The lowest BCUT2D eigenvalue weighted by Crippen LogP contribution is -1.72. The maximum absolute atomic E-state index is 5.19. The van der Waals surface area contributed by atoms with Crippen LogP contribution >= 0.6 is 31.9 Å². The van der Waals surface area contributed by atoms with Gasteiger partial charge in [-0.1, -0.05) is 49.1 Å². The van der Waals surface area contributed by atoms with E-state index in [4.69, 9.17) is 4.52 Å². The van der Waals surface area contributed by atoms with Crippen molar-refractivity contribution in [1.82, 2.24) is 5.16 Å². The second-order valence-corrected chi connectivity index (χ2v) is 4.30. The minimum atomic E-state index is 0.715. The standard InChI is InChI=1S/C10H7Br2NO/c11-6-9-5-10(14-13-9)7-1-3-8(12)4-2-7/h1-5H,6H2. The molecule has 0 spiro atoms. The van der Waals surface area contributed by atoms with Crippen molar-refractivity contribution in [2.75, 3.05) is 0 Å². The summed E-state index contributed by atoms with van der Waals surface area (Å²) in [5, 5.41) is 4.62. The molecule has 0 atom stereocenters. The molecule has 0 saturated carbocycles. The van der Waals surface area contributed by atoms with Gasteiger partial charge < -0.3 is 4.52 Å². The Morgan fingerprint density at radius 2 is 1.93 bits per heavy atom. The molecule has 0 saturated heterocycles. The molecule has 0 unspecified atom stereocenters. The van der Waals surface area contributed by atoms with Crippen molar-refractivity contribution in [1.29, 1.82) is 0 Å². The first-order valence-electron chi connectivity index (χ1n) is 4.07. The van der Waals surface area contributed by atoms with Gasteiger partial charge in [0.1, 0.15) is 0 Å². The Morgan fingerprint density at radius 3 is 2.50 bits per heavy atom. The maximum Gasteiger partial charge on any atom is 0.167 e. The largest absolute Gasteiger partial charge is 0.356 e. The first-order valence-corrected chi connectivity index (χ1v) is 5.98. The van der Waals surface area contributed by atoms with Crippen LogP contribution in [0.2, 0.25) is 0 Å². The lowest BCUT2D eigenvalue weighted by Gasteiger charge is -1.94. The SMILES string of the molecule is BrCc1cc(-c2ccc(Br)cc2)on1. The van der Waals surface area contributed by atoms with Gasteiger partial charge in [0, 0.05) is 21.4 Å². The third-order valence-corrected chi connectivity index (χ3v) is 2.93. The number of benzene rings is 1. The lowest BCUT2D eigenvalue weighted by atomic mass is 10.2. The number of hydrogen-bond acceptors (Lipinski definition) is 2. The highest BCUT2D eigenvalue weighted by Crippen LogP contribution is 2.22. The average molecular weight is 317 g/mol. The summed E-state index contributed by atoms with van der Waals surface area (Å²) in [6, 6.07) is 9.86. The smallest absolute Gasteiger partial charge is 0.167 e. The lowest BCUT2D eigenvalue weighted by molar-refractivity contribution is 0.426. The minimum Gasteiger partial charge on any atom is -0.356 e. The molecule has 0 aliphatic carbocycles. The summed E-state index contributed by atoms with van der Waals surface area (Å²) >= 11 is 6.71. The third-order valence-electron chi connectivity index (χ3n) is 1.82. The van der Waals surface area contributed by atoms with Gasteiger partial charge in [-0.25, -0.2) is 0 Å². The molecule has 1 heterocycles. The van der Waals surface area contributed by atoms with E-state index in [1.165, 1.54) is 0 Å². The summed E-state index contributed by atoms with van der Waals surface area (Å²) in [7, 11) is 0. The van der Waals surface area contributed by atoms with Crippen LogP contribution in [-0.4, -0.2) is 5.16 Å². The van der Waals surface area contributed by atoms with E-state index in [1.54, 1.807) is 0 Å². The van der Waals surface area contributed by atoms with Gasteiger partial charge in [-0.3, -0.25) is 0 Å². The van der Waals surface area contributed by atoms with Crippen LogP contribution in [0.4, 0.5) is 0 Å². The fourth-order valence-electron chi connectivity index (χ4n) is 1.12. The Morgan fingerprint density at radius 1 is 1.21 bits per heavy atom. The Kier molecular flexibility index (Phi) is 3.03. The molecule has 2 aromatic rings. The van der Waals surface area contributed by atoms with E-state index in [1.807, 2.05) is 30.3 Å². The van der Waals surface area contributed by atoms with E-state index in [0.29, 0.717) is 5.33 Å². The number of hydrogen-bond donors (Lipinski definition) is 0. The predicted molar refractivity (Wildman–Crippen MR) is 62.3 cm³/mol. The first-order chi connectivity index (χ1) is 6.79. The zero-order valence-electron chi connectivity index (χ0n) is 7.21. The van der Waals surface area contributed by atoms with Crippen molar-refractivity contribution in [3.05, 3.63) is 40.5 Å². The van der Waals surface area contributed by atoms with E-state index >= 15 is 0 Å². The van der Waals surface area contributed by atoms with Gasteiger partial charge in [0.25, 0.3) is 0 Å². The van der Waals surface area contributed by atoms with Crippen LogP contribution in [0, 0.1) is 0 Å². The molecule has 0 bridgehead atoms. The molecular weight excluding hydrogens is 310 g/mol. The fraction of sp³-hybridized carbons (Fsp3) is 0.100. The van der Waals surface area contributed by atoms with Crippen LogP contribution in [-0.2, 0) is 5.33 Å². The molecule has 0 aliphatic heterocycles. The van der Waals surface area contributed by atoms with Crippen LogP contribution in [0.1, 0.15) is 5.69 Å². The summed E-state index contributed by atoms with van der Waals surface area (Å²) in [6.45, 7) is 0. The quantitative estimate of drug-likeness (QED) is 0.783. The van der Waals surface area contributed by atoms with E-state index < -0.39 is 0 Å². The monoisotopic (exact) mass is 315 g/mol. The minimum absolute atomic E-state index is 0.715. The van der Waals surface area contributed by atoms with Crippen LogP contribution in [0.15, 0.2) is 39.3 Å². The van der Waals surface area contributed by atoms with Gasteiger partial charge in [0.2, 0.25) is 0 Å². The number of rotatable bonds is 2. The molecular formula is C10H7Br2NO. The van der Waals surface area contributed by atoms with Gasteiger partial charge in [0.05, 0.1) is 5.69 Å². The molecule has 2 nitrogen and oxygen atoms in total. The fourth-order valence-corrected chi connectivity index (χ4v) is 1.65. The summed E-state index contributed by atoms with van der Waals surface area (Å²) in [4.78, 5) is 0. The van der Waals surface area contributed by atoms with E-state index in [-0.39, 0.29) is 0 Å². The molecule has 1 aromatic heterocycles. The van der Waals surface area contributed by atoms with Gasteiger partial charge >= 0.3 is 0 Å². The van der Waals surface area contributed by atoms with Gasteiger partial charge in [-0.15, -0.1) is 0 Å². The average Bonchev–Trinajstić information content (AvgIpc) is 2.67. The van der Waals surface area contributed by atoms with Crippen molar-refractivity contribution in [2.24, 2.45) is 0 Å². The Bertz CT molecular complexity index is 422. The molecule has 14 heavy (non-hydrogen) atoms. The second-order valence-electron chi connectivity index (χ2n) is 2.82.